The van der Waals surface area contributed by atoms with E-state index in [-0.39, 0.29) is 11.9 Å². The molecule has 3 rings (SSSR count). The molecular formula is C17H20N2O4. The average molecular weight is 316 g/mol. The number of carbonyl (C=O) groups excluding carboxylic acids is 1. The van der Waals surface area contributed by atoms with Gasteiger partial charge in [-0.25, -0.2) is 0 Å². The number of amides is 1. The van der Waals surface area contributed by atoms with Crippen LogP contribution in [0.25, 0.3) is 0 Å². The van der Waals surface area contributed by atoms with Gasteiger partial charge in [0.25, 0.3) is 5.91 Å². The van der Waals surface area contributed by atoms with E-state index in [1.165, 1.54) is 0 Å². The molecule has 0 bridgehead atoms. The van der Waals surface area contributed by atoms with Crippen molar-refractivity contribution in [2.45, 2.75) is 25.8 Å². The lowest BCUT2D eigenvalue weighted by Crippen LogP contribution is -2.31. The normalized spacial score (nSPS) is 17.3. The highest BCUT2D eigenvalue weighted by Gasteiger charge is 2.33. The van der Waals surface area contributed by atoms with Crippen LogP contribution in [0.1, 0.15) is 40.7 Å². The minimum Gasteiger partial charge on any atom is -0.497 e. The second-order valence-corrected chi connectivity index (χ2v) is 5.59. The molecule has 1 aromatic carbocycles. The minimum absolute atomic E-state index is 0.0513. The monoisotopic (exact) mass is 316 g/mol. The van der Waals surface area contributed by atoms with E-state index < -0.39 is 0 Å². The Bertz CT molecular complexity index is 710. The molecular weight excluding hydrogens is 296 g/mol. The number of nitrogens with zero attached hydrogens (tertiary/aromatic N) is 2. The molecule has 0 N–H and O–H groups in total. The SMILES string of the molecule is COc1ccc(OC)c(C2CCCN2C(=O)c2cc(C)on2)c1. The van der Waals surface area contributed by atoms with Crippen molar-refractivity contribution in [1.29, 1.82) is 0 Å². The molecule has 6 nitrogen and oxygen atoms in total. The molecule has 0 radical (unpaired) electrons. The van der Waals surface area contributed by atoms with E-state index in [1.54, 1.807) is 27.2 Å². The first kappa shape index (κ1) is 15.4. The van der Waals surface area contributed by atoms with E-state index in [0.717, 1.165) is 29.9 Å². The van der Waals surface area contributed by atoms with E-state index in [1.807, 2.05) is 23.1 Å². The van der Waals surface area contributed by atoms with Crippen LogP contribution >= 0.6 is 0 Å². The maximum Gasteiger partial charge on any atom is 0.276 e. The third-order valence-corrected chi connectivity index (χ3v) is 4.16. The summed E-state index contributed by atoms with van der Waals surface area (Å²) in [6.45, 7) is 2.46. The molecule has 2 aromatic rings. The standard InChI is InChI=1S/C17H20N2O4/c1-11-9-14(18-23-11)17(20)19-8-4-5-15(19)13-10-12(21-2)6-7-16(13)22-3/h6-7,9-10,15H,4-5,8H2,1-3H3. The van der Waals surface area contributed by atoms with Gasteiger partial charge in [-0.3, -0.25) is 4.79 Å². The molecule has 0 spiro atoms. The number of aryl methyl sites for hydroxylation is 1. The first-order valence-corrected chi connectivity index (χ1v) is 7.60. The third-order valence-electron chi connectivity index (χ3n) is 4.16. The van der Waals surface area contributed by atoms with E-state index in [9.17, 15) is 4.79 Å². The summed E-state index contributed by atoms with van der Waals surface area (Å²) < 4.78 is 15.8. The molecule has 1 unspecified atom stereocenters. The van der Waals surface area contributed by atoms with Crippen LogP contribution in [0.15, 0.2) is 28.8 Å². The van der Waals surface area contributed by atoms with Gasteiger partial charge in [0, 0.05) is 18.2 Å². The Morgan fingerprint density at radius 1 is 1.30 bits per heavy atom. The Kier molecular flexibility index (Phi) is 4.23. The summed E-state index contributed by atoms with van der Waals surface area (Å²) in [6, 6.07) is 7.27. The molecule has 0 saturated carbocycles. The van der Waals surface area contributed by atoms with E-state index in [4.69, 9.17) is 14.0 Å². The Hall–Kier alpha value is -2.50. The van der Waals surface area contributed by atoms with Gasteiger partial charge >= 0.3 is 0 Å². The van der Waals surface area contributed by atoms with Crippen molar-refractivity contribution in [3.8, 4) is 11.5 Å². The van der Waals surface area contributed by atoms with Gasteiger partial charge in [-0.05, 0) is 38.0 Å². The maximum absolute atomic E-state index is 12.7. The predicted octanol–water partition coefficient (Wildman–Crippen LogP) is 2.98. The molecule has 1 fully saturated rings. The summed E-state index contributed by atoms with van der Waals surface area (Å²) in [6.07, 6.45) is 1.82. The van der Waals surface area contributed by atoms with Gasteiger partial charge in [-0.1, -0.05) is 5.16 Å². The minimum atomic E-state index is -0.116. The van der Waals surface area contributed by atoms with Crippen LogP contribution < -0.4 is 9.47 Å². The fourth-order valence-electron chi connectivity index (χ4n) is 3.05. The fraction of sp³-hybridized carbons (Fsp3) is 0.412. The number of ether oxygens (including phenoxy) is 2. The number of methoxy groups -OCH3 is 2. The molecule has 23 heavy (non-hydrogen) atoms. The number of hydrogen-bond acceptors (Lipinski definition) is 5. The van der Waals surface area contributed by atoms with Crippen molar-refractivity contribution in [2.24, 2.45) is 0 Å². The van der Waals surface area contributed by atoms with Crippen LogP contribution in [0, 0.1) is 6.92 Å². The van der Waals surface area contributed by atoms with E-state index in [0.29, 0.717) is 18.0 Å². The molecule has 1 saturated heterocycles. The lowest BCUT2D eigenvalue weighted by atomic mass is 10.0. The largest absolute Gasteiger partial charge is 0.497 e. The average Bonchev–Trinajstić information content (AvgIpc) is 3.22. The van der Waals surface area contributed by atoms with Crippen molar-refractivity contribution < 1.29 is 18.8 Å². The zero-order valence-corrected chi connectivity index (χ0v) is 13.5. The van der Waals surface area contributed by atoms with Crippen LogP contribution in [0.4, 0.5) is 0 Å². The number of aromatic nitrogens is 1. The number of benzene rings is 1. The summed E-state index contributed by atoms with van der Waals surface area (Å²) in [7, 11) is 3.26. The lowest BCUT2D eigenvalue weighted by Gasteiger charge is -2.26. The highest BCUT2D eigenvalue weighted by atomic mass is 16.5. The second kappa shape index (κ2) is 6.32. The topological polar surface area (TPSA) is 64.8 Å². The van der Waals surface area contributed by atoms with Gasteiger partial charge in [0.2, 0.25) is 0 Å². The summed E-state index contributed by atoms with van der Waals surface area (Å²) in [5.41, 5.74) is 1.30. The highest BCUT2D eigenvalue weighted by Crippen LogP contribution is 2.39. The molecule has 1 amide bonds. The number of rotatable bonds is 4. The van der Waals surface area contributed by atoms with Crippen LogP contribution in [-0.2, 0) is 0 Å². The van der Waals surface area contributed by atoms with Crippen LogP contribution in [0.2, 0.25) is 0 Å². The molecule has 1 aliphatic rings. The molecule has 0 aliphatic carbocycles. The van der Waals surface area contributed by atoms with Crippen LogP contribution in [0.5, 0.6) is 11.5 Å². The van der Waals surface area contributed by atoms with Gasteiger partial charge in [0.1, 0.15) is 17.3 Å². The molecule has 122 valence electrons. The lowest BCUT2D eigenvalue weighted by molar-refractivity contribution is 0.0723. The molecule has 6 heteroatoms. The molecule has 1 atom stereocenters. The Morgan fingerprint density at radius 2 is 2.13 bits per heavy atom. The van der Waals surface area contributed by atoms with Gasteiger partial charge in [0.05, 0.1) is 20.3 Å². The quantitative estimate of drug-likeness (QED) is 0.867. The number of hydrogen-bond donors (Lipinski definition) is 0. The summed E-state index contributed by atoms with van der Waals surface area (Å²) in [5.74, 6) is 2.02. The zero-order valence-electron chi connectivity index (χ0n) is 13.5. The second-order valence-electron chi connectivity index (χ2n) is 5.59. The number of likely N-dealkylation sites (tertiary alicyclic amines) is 1. The number of carbonyl (C=O) groups is 1. The smallest absolute Gasteiger partial charge is 0.276 e. The van der Waals surface area contributed by atoms with E-state index in [2.05, 4.69) is 5.16 Å². The predicted molar refractivity (Wildman–Crippen MR) is 83.8 cm³/mol. The summed E-state index contributed by atoms with van der Waals surface area (Å²) in [5, 5.41) is 3.84. The first-order chi connectivity index (χ1) is 11.1. The Balaban J connectivity index is 1.94. The van der Waals surface area contributed by atoms with Crippen LogP contribution in [-0.4, -0.2) is 36.7 Å². The highest BCUT2D eigenvalue weighted by molar-refractivity contribution is 5.92. The summed E-state index contributed by atoms with van der Waals surface area (Å²) >= 11 is 0. The van der Waals surface area contributed by atoms with Crippen molar-refractivity contribution in [2.75, 3.05) is 20.8 Å². The Labute approximate surface area is 135 Å². The first-order valence-electron chi connectivity index (χ1n) is 7.60. The van der Waals surface area contributed by atoms with Crippen molar-refractivity contribution in [3.63, 3.8) is 0 Å². The van der Waals surface area contributed by atoms with Crippen molar-refractivity contribution >= 4 is 5.91 Å². The van der Waals surface area contributed by atoms with Gasteiger partial charge in [-0.2, -0.15) is 0 Å². The van der Waals surface area contributed by atoms with Crippen molar-refractivity contribution in [1.82, 2.24) is 10.1 Å². The molecule has 1 aliphatic heterocycles. The Morgan fingerprint density at radius 3 is 2.78 bits per heavy atom. The third kappa shape index (κ3) is 2.88. The van der Waals surface area contributed by atoms with Crippen molar-refractivity contribution in [3.05, 3.63) is 41.3 Å². The van der Waals surface area contributed by atoms with Crippen LogP contribution in [0.3, 0.4) is 0 Å². The molecule has 2 heterocycles. The van der Waals surface area contributed by atoms with Gasteiger partial charge in [0.15, 0.2) is 5.69 Å². The maximum atomic E-state index is 12.7. The zero-order chi connectivity index (χ0) is 16.4. The summed E-state index contributed by atoms with van der Waals surface area (Å²) in [4.78, 5) is 14.6. The van der Waals surface area contributed by atoms with E-state index >= 15 is 0 Å². The van der Waals surface area contributed by atoms with Gasteiger partial charge < -0.3 is 18.9 Å². The van der Waals surface area contributed by atoms with Gasteiger partial charge in [-0.15, -0.1) is 0 Å². The molecule has 1 aromatic heterocycles. The fourth-order valence-corrected chi connectivity index (χ4v) is 3.05.